The molecule has 0 unspecified atom stereocenters. The van der Waals surface area contributed by atoms with Gasteiger partial charge in [0.25, 0.3) is 5.91 Å². The van der Waals surface area contributed by atoms with Crippen LogP contribution in [-0.2, 0) is 4.79 Å². The smallest absolute Gasteiger partial charge is 0.270 e. The topological polar surface area (TPSA) is 33.5 Å². The number of carbonyl (C=O) groups is 1. The summed E-state index contributed by atoms with van der Waals surface area (Å²) in [5.74, 6) is 0.312. The summed E-state index contributed by atoms with van der Waals surface area (Å²) in [5, 5.41) is 0.881. The van der Waals surface area contributed by atoms with Crippen molar-refractivity contribution in [2.75, 3.05) is 4.90 Å². The van der Waals surface area contributed by atoms with Crippen molar-refractivity contribution in [3.05, 3.63) is 81.1 Å². The fraction of sp³-hybridized carbons (Fsp3) is 0. The second kappa shape index (κ2) is 7.72. The number of halogens is 3. The number of rotatable bonds is 3. The minimum Gasteiger partial charge on any atom is -0.457 e. The molecular weight excluding hydrogens is 440 g/mol. The Hall–Kier alpha value is -2.12. The SMILES string of the molecule is O=C1/C(=C/c2ccc(-c3ccc(Cl)c(Cl)c3)o2)SC(=S)N1c1cccc(F)c1. The molecule has 1 amide bonds. The third-order valence-electron chi connectivity index (χ3n) is 3.96. The molecule has 1 aliphatic rings. The van der Waals surface area contributed by atoms with E-state index in [9.17, 15) is 9.18 Å². The maximum atomic E-state index is 13.5. The van der Waals surface area contributed by atoms with Gasteiger partial charge in [-0.15, -0.1) is 0 Å². The molecular formula is C20H10Cl2FNO2S2. The number of thiocarbonyl (C=S) groups is 1. The van der Waals surface area contributed by atoms with Crippen LogP contribution in [0.25, 0.3) is 17.4 Å². The van der Waals surface area contributed by atoms with E-state index in [1.807, 2.05) is 0 Å². The summed E-state index contributed by atoms with van der Waals surface area (Å²) in [4.78, 5) is 14.4. The summed E-state index contributed by atoms with van der Waals surface area (Å²) < 4.78 is 19.6. The van der Waals surface area contributed by atoms with E-state index in [-0.39, 0.29) is 5.91 Å². The normalized spacial score (nSPS) is 15.7. The van der Waals surface area contributed by atoms with Gasteiger partial charge in [-0.1, -0.05) is 53.2 Å². The summed E-state index contributed by atoms with van der Waals surface area (Å²) in [6, 6.07) is 14.4. The predicted octanol–water partition coefficient (Wildman–Crippen LogP) is 6.80. The maximum Gasteiger partial charge on any atom is 0.270 e. The van der Waals surface area contributed by atoms with E-state index in [0.29, 0.717) is 36.5 Å². The molecule has 1 aromatic heterocycles. The van der Waals surface area contributed by atoms with E-state index < -0.39 is 5.82 Å². The van der Waals surface area contributed by atoms with E-state index in [4.69, 9.17) is 39.8 Å². The molecule has 3 nitrogen and oxygen atoms in total. The molecule has 8 heteroatoms. The average Bonchev–Trinajstić information content (AvgIpc) is 3.22. The fourth-order valence-electron chi connectivity index (χ4n) is 2.67. The van der Waals surface area contributed by atoms with Crippen molar-refractivity contribution in [2.45, 2.75) is 0 Å². The first-order valence-electron chi connectivity index (χ1n) is 8.01. The molecule has 3 aromatic rings. The molecule has 1 aliphatic heterocycles. The van der Waals surface area contributed by atoms with Crippen LogP contribution in [-0.4, -0.2) is 10.2 Å². The first-order valence-corrected chi connectivity index (χ1v) is 9.99. The third kappa shape index (κ3) is 3.73. The van der Waals surface area contributed by atoms with Gasteiger partial charge in [0.05, 0.1) is 20.6 Å². The molecule has 0 atom stereocenters. The molecule has 2 heterocycles. The lowest BCUT2D eigenvalue weighted by molar-refractivity contribution is -0.113. The largest absolute Gasteiger partial charge is 0.457 e. The van der Waals surface area contributed by atoms with Gasteiger partial charge in [-0.3, -0.25) is 9.69 Å². The number of amides is 1. The quantitative estimate of drug-likeness (QED) is 0.325. The second-order valence-electron chi connectivity index (χ2n) is 5.83. The second-order valence-corrected chi connectivity index (χ2v) is 8.32. The molecule has 0 bridgehead atoms. The Morgan fingerprint density at radius 2 is 1.89 bits per heavy atom. The highest BCUT2D eigenvalue weighted by molar-refractivity contribution is 8.27. The zero-order valence-corrected chi connectivity index (χ0v) is 17.1. The first kappa shape index (κ1) is 19.2. The van der Waals surface area contributed by atoms with Gasteiger partial charge in [-0.25, -0.2) is 4.39 Å². The summed E-state index contributed by atoms with van der Waals surface area (Å²) in [7, 11) is 0. The van der Waals surface area contributed by atoms with E-state index in [0.717, 1.165) is 17.3 Å². The molecule has 2 aromatic carbocycles. The van der Waals surface area contributed by atoms with Gasteiger partial charge in [0, 0.05) is 11.6 Å². The maximum absolute atomic E-state index is 13.5. The fourth-order valence-corrected chi connectivity index (χ4v) is 4.25. The van der Waals surface area contributed by atoms with Crippen molar-refractivity contribution < 1.29 is 13.6 Å². The van der Waals surface area contributed by atoms with Crippen LogP contribution in [0.3, 0.4) is 0 Å². The van der Waals surface area contributed by atoms with Crippen molar-refractivity contribution in [1.29, 1.82) is 0 Å². The minimum atomic E-state index is -0.437. The molecule has 0 saturated carbocycles. The highest BCUT2D eigenvalue weighted by Crippen LogP contribution is 2.37. The first-order chi connectivity index (χ1) is 13.4. The number of anilines is 1. The number of thioether (sulfide) groups is 1. The van der Waals surface area contributed by atoms with Crippen LogP contribution in [0.5, 0.6) is 0 Å². The van der Waals surface area contributed by atoms with Crippen LogP contribution in [0.2, 0.25) is 10.0 Å². The van der Waals surface area contributed by atoms with Crippen molar-refractivity contribution in [2.24, 2.45) is 0 Å². The lowest BCUT2D eigenvalue weighted by atomic mass is 10.2. The standard InChI is InChI=1S/C20H10Cl2FNO2S2/c21-15-6-4-11(8-16(15)22)17-7-5-14(26-17)10-18-19(25)24(20(27)28-18)13-3-1-2-12(23)9-13/h1-10H/b18-10-. The molecule has 0 radical (unpaired) electrons. The van der Waals surface area contributed by atoms with Crippen molar-refractivity contribution in [1.82, 2.24) is 0 Å². The van der Waals surface area contributed by atoms with Crippen LogP contribution in [0.15, 0.2) is 63.9 Å². The van der Waals surface area contributed by atoms with Gasteiger partial charge in [0.1, 0.15) is 17.3 Å². The van der Waals surface area contributed by atoms with Crippen molar-refractivity contribution in [3.8, 4) is 11.3 Å². The molecule has 0 spiro atoms. The van der Waals surface area contributed by atoms with Crippen LogP contribution in [0.4, 0.5) is 10.1 Å². The zero-order chi connectivity index (χ0) is 19.8. The highest BCUT2D eigenvalue weighted by atomic mass is 35.5. The Kier molecular flexibility index (Phi) is 5.29. The van der Waals surface area contributed by atoms with Gasteiger partial charge < -0.3 is 4.42 Å². The van der Waals surface area contributed by atoms with Crippen molar-refractivity contribution in [3.63, 3.8) is 0 Å². The molecule has 140 valence electrons. The summed E-state index contributed by atoms with van der Waals surface area (Å²) in [5.41, 5.74) is 1.16. The molecule has 0 aliphatic carbocycles. The molecule has 1 fully saturated rings. The van der Waals surface area contributed by atoms with E-state index in [1.165, 1.54) is 23.1 Å². The van der Waals surface area contributed by atoms with Crippen LogP contribution < -0.4 is 4.90 Å². The highest BCUT2D eigenvalue weighted by Gasteiger charge is 2.33. The van der Waals surface area contributed by atoms with Crippen LogP contribution in [0.1, 0.15) is 5.76 Å². The number of nitrogens with zero attached hydrogens (tertiary/aromatic N) is 1. The van der Waals surface area contributed by atoms with Gasteiger partial charge in [-0.2, -0.15) is 0 Å². The lowest BCUT2D eigenvalue weighted by Gasteiger charge is -2.14. The summed E-state index contributed by atoms with van der Waals surface area (Å²) >= 11 is 18.4. The Labute approximate surface area is 179 Å². The van der Waals surface area contributed by atoms with E-state index >= 15 is 0 Å². The van der Waals surface area contributed by atoms with Crippen molar-refractivity contribution >= 4 is 69.2 Å². The Bertz CT molecular complexity index is 1140. The van der Waals surface area contributed by atoms with Crippen LogP contribution >= 0.6 is 47.2 Å². The lowest BCUT2D eigenvalue weighted by Crippen LogP contribution is -2.27. The summed E-state index contributed by atoms with van der Waals surface area (Å²) in [6.07, 6.45) is 1.61. The Morgan fingerprint density at radius 1 is 1.07 bits per heavy atom. The number of benzene rings is 2. The zero-order valence-electron chi connectivity index (χ0n) is 14.0. The number of hydrogen-bond donors (Lipinski definition) is 0. The monoisotopic (exact) mass is 449 g/mol. The average molecular weight is 450 g/mol. The molecule has 0 N–H and O–H groups in total. The predicted molar refractivity (Wildman–Crippen MR) is 116 cm³/mol. The number of furan rings is 1. The molecule has 4 rings (SSSR count). The van der Waals surface area contributed by atoms with E-state index in [1.54, 1.807) is 42.5 Å². The van der Waals surface area contributed by atoms with Gasteiger partial charge in [0.2, 0.25) is 0 Å². The Balaban J connectivity index is 1.61. The van der Waals surface area contributed by atoms with Gasteiger partial charge in [-0.05, 0) is 48.5 Å². The number of carbonyl (C=O) groups excluding carboxylic acids is 1. The van der Waals surface area contributed by atoms with Gasteiger partial charge >= 0.3 is 0 Å². The Morgan fingerprint density at radius 3 is 2.64 bits per heavy atom. The van der Waals surface area contributed by atoms with Gasteiger partial charge in [0.15, 0.2) is 4.32 Å². The number of hydrogen-bond acceptors (Lipinski definition) is 4. The van der Waals surface area contributed by atoms with E-state index in [2.05, 4.69) is 0 Å². The molecule has 28 heavy (non-hydrogen) atoms. The summed E-state index contributed by atoms with van der Waals surface area (Å²) in [6.45, 7) is 0. The van der Waals surface area contributed by atoms with Crippen LogP contribution in [0, 0.1) is 5.82 Å². The molecule has 1 saturated heterocycles. The third-order valence-corrected chi connectivity index (χ3v) is 6.01. The minimum absolute atomic E-state index is 0.326.